The fraction of sp³-hybridized carbons (Fsp3) is 0.350. The standard InChI is InChI=1S/C20H19F3N4O2/c1-2-29-19(28)16-17-24-10-9-15(13-5-7-14(8-6-13)20(21,22)23)27(17)25-18(16)26-11-3-4-12-26/h5-10H,2-4,11-12H2,1H3. The summed E-state index contributed by atoms with van der Waals surface area (Å²) < 4.78 is 45.4. The van der Waals surface area contributed by atoms with E-state index in [-0.39, 0.29) is 12.2 Å². The fourth-order valence-corrected chi connectivity index (χ4v) is 3.52. The highest BCUT2D eigenvalue weighted by molar-refractivity contribution is 6.01. The molecule has 6 nitrogen and oxygen atoms in total. The van der Waals surface area contributed by atoms with Crippen molar-refractivity contribution in [3.05, 3.63) is 47.7 Å². The maximum atomic E-state index is 12.9. The van der Waals surface area contributed by atoms with E-state index in [1.807, 2.05) is 4.90 Å². The Morgan fingerprint density at radius 3 is 2.45 bits per heavy atom. The summed E-state index contributed by atoms with van der Waals surface area (Å²) in [6, 6.07) is 6.49. The van der Waals surface area contributed by atoms with Crippen molar-refractivity contribution in [1.29, 1.82) is 0 Å². The molecule has 4 rings (SSSR count). The maximum absolute atomic E-state index is 12.9. The summed E-state index contributed by atoms with van der Waals surface area (Å²) in [5.41, 5.74) is 0.957. The van der Waals surface area contributed by atoms with E-state index in [1.54, 1.807) is 13.0 Å². The predicted molar refractivity (Wildman–Crippen MR) is 101 cm³/mol. The second-order valence-electron chi connectivity index (χ2n) is 6.75. The minimum Gasteiger partial charge on any atom is -0.462 e. The number of ether oxygens (including phenoxy) is 1. The molecule has 3 aromatic rings. The Balaban J connectivity index is 1.86. The van der Waals surface area contributed by atoms with Crippen LogP contribution in [-0.4, -0.2) is 40.3 Å². The van der Waals surface area contributed by atoms with Gasteiger partial charge in [-0.2, -0.15) is 13.2 Å². The number of halogens is 3. The van der Waals surface area contributed by atoms with Crippen LogP contribution in [0.2, 0.25) is 0 Å². The second kappa shape index (κ2) is 7.38. The van der Waals surface area contributed by atoms with Gasteiger partial charge in [0.05, 0.1) is 17.9 Å². The molecular weight excluding hydrogens is 385 g/mol. The zero-order valence-electron chi connectivity index (χ0n) is 15.7. The van der Waals surface area contributed by atoms with Gasteiger partial charge in [0.2, 0.25) is 0 Å². The molecule has 0 atom stereocenters. The van der Waals surface area contributed by atoms with Crippen molar-refractivity contribution in [3.63, 3.8) is 0 Å². The van der Waals surface area contributed by atoms with Crippen molar-refractivity contribution >= 4 is 17.4 Å². The predicted octanol–water partition coefficient (Wildman–Crippen LogP) is 4.19. The van der Waals surface area contributed by atoms with E-state index in [2.05, 4.69) is 10.1 Å². The van der Waals surface area contributed by atoms with E-state index in [4.69, 9.17) is 4.74 Å². The molecule has 29 heavy (non-hydrogen) atoms. The van der Waals surface area contributed by atoms with E-state index >= 15 is 0 Å². The number of hydrogen-bond acceptors (Lipinski definition) is 5. The van der Waals surface area contributed by atoms with Crippen LogP contribution in [0.5, 0.6) is 0 Å². The van der Waals surface area contributed by atoms with Crippen molar-refractivity contribution in [3.8, 4) is 11.3 Å². The van der Waals surface area contributed by atoms with Gasteiger partial charge in [-0.15, -0.1) is 5.10 Å². The Morgan fingerprint density at radius 1 is 1.14 bits per heavy atom. The van der Waals surface area contributed by atoms with Crippen LogP contribution in [0.1, 0.15) is 35.7 Å². The molecule has 1 saturated heterocycles. The van der Waals surface area contributed by atoms with Crippen LogP contribution in [0, 0.1) is 0 Å². The average Bonchev–Trinajstić information content (AvgIpc) is 3.35. The molecule has 0 N–H and O–H groups in total. The van der Waals surface area contributed by atoms with Crippen LogP contribution in [0.25, 0.3) is 16.9 Å². The Morgan fingerprint density at radius 2 is 1.83 bits per heavy atom. The average molecular weight is 404 g/mol. The van der Waals surface area contributed by atoms with Crippen molar-refractivity contribution < 1.29 is 22.7 Å². The lowest BCUT2D eigenvalue weighted by atomic mass is 10.1. The zero-order valence-corrected chi connectivity index (χ0v) is 15.7. The van der Waals surface area contributed by atoms with Gasteiger partial charge in [0.1, 0.15) is 5.56 Å². The number of alkyl halides is 3. The van der Waals surface area contributed by atoms with Gasteiger partial charge in [-0.3, -0.25) is 0 Å². The van der Waals surface area contributed by atoms with Gasteiger partial charge >= 0.3 is 12.1 Å². The number of fused-ring (bicyclic) bond motifs is 1. The van der Waals surface area contributed by atoms with Gasteiger partial charge in [-0.1, -0.05) is 12.1 Å². The third-order valence-electron chi connectivity index (χ3n) is 4.89. The number of aromatic nitrogens is 3. The lowest BCUT2D eigenvalue weighted by molar-refractivity contribution is -0.137. The zero-order chi connectivity index (χ0) is 20.6. The van der Waals surface area contributed by atoms with Crippen LogP contribution in [0.15, 0.2) is 36.5 Å². The summed E-state index contributed by atoms with van der Waals surface area (Å²) in [6.07, 6.45) is -0.900. The van der Waals surface area contributed by atoms with Crippen LogP contribution in [-0.2, 0) is 10.9 Å². The van der Waals surface area contributed by atoms with Crippen molar-refractivity contribution in [1.82, 2.24) is 14.6 Å². The molecule has 3 heterocycles. The first-order valence-corrected chi connectivity index (χ1v) is 9.37. The molecule has 0 amide bonds. The highest BCUT2D eigenvalue weighted by atomic mass is 19.4. The molecule has 1 fully saturated rings. The third-order valence-corrected chi connectivity index (χ3v) is 4.89. The van der Waals surface area contributed by atoms with Crippen LogP contribution < -0.4 is 4.90 Å². The van der Waals surface area contributed by atoms with E-state index in [1.165, 1.54) is 22.8 Å². The number of nitrogens with zero attached hydrogens (tertiary/aromatic N) is 4. The number of carbonyl (C=O) groups excluding carboxylic acids is 1. The number of esters is 1. The van der Waals surface area contributed by atoms with Crippen LogP contribution in [0.3, 0.4) is 0 Å². The second-order valence-corrected chi connectivity index (χ2v) is 6.75. The topological polar surface area (TPSA) is 59.7 Å². The summed E-state index contributed by atoms with van der Waals surface area (Å²) in [5, 5.41) is 4.60. The quantitative estimate of drug-likeness (QED) is 0.611. The summed E-state index contributed by atoms with van der Waals surface area (Å²) in [5.74, 6) is -0.0192. The first-order valence-electron chi connectivity index (χ1n) is 9.37. The molecule has 2 aromatic heterocycles. The minimum absolute atomic E-state index is 0.216. The molecule has 0 spiro atoms. The van der Waals surface area contributed by atoms with E-state index in [0.29, 0.717) is 22.7 Å². The number of rotatable bonds is 4. The van der Waals surface area contributed by atoms with Crippen LogP contribution in [0.4, 0.5) is 19.0 Å². The summed E-state index contributed by atoms with van der Waals surface area (Å²) in [4.78, 5) is 19.0. The minimum atomic E-state index is -4.40. The van der Waals surface area contributed by atoms with Crippen molar-refractivity contribution in [2.24, 2.45) is 0 Å². The molecule has 1 aliphatic heterocycles. The molecule has 1 aromatic carbocycles. The highest BCUT2D eigenvalue weighted by Crippen LogP contribution is 2.33. The lowest BCUT2D eigenvalue weighted by Crippen LogP contribution is -2.21. The molecule has 0 radical (unpaired) electrons. The fourth-order valence-electron chi connectivity index (χ4n) is 3.52. The summed E-state index contributed by atoms with van der Waals surface area (Å²) in [6.45, 7) is 3.48. The van der Waals surface area contributed by atoms with Crippen molar-refractivity contribution in [2.45, 2.75) is 25.9 Å². The van der Waals surface area contributed by atoms with E-state index in [0.717, 1.165) is 38.1 Å². The van der Waals surface area contributed by atoms with E-state index in [9.17, 15) is 18.0 Å². The molecule has 0 unspecified atom stereocenters. The van der Waals surface area contributed by atoms with Gasteiger partial charge in [0, 0.05) is 24.8 Å². The SMILES string of the molecule is CCOC(=O)c1c(N2CCCC2)nn2c(-c3ccc(C(F)(F)F)cc3)ccnc12. The smallest absolute Gasteiger partial charge is 0.416 e. The van der Waals surface area contributed by atoms with Crippen LogP contribution >= 0.6 is 0 Å². The lowest BCUT2D eigenvalue weighted by Gasteiger charge is -2.15. The Hall–Kier alpha value is -3.10. The third kappa shape index (κ3) is 3.52. The maximum Gasteiger partial charge on any atom is 0.416 e. The molecule has 0 aliphatic carbocycles. The van der Waals surface area contributed by atoms with Gasteiger partial charge in [0.15, 0.2) is 11.5 Å². The Kier molecular flexibility index (Phi) is 4.89. The number of hydrogen-bond donors (Lipinski definition) is 0. The normalized spacial score (nSPS) is 14.6. The van der Waals surface area contributed by atoms with Crippen molar-refractivity contribution in [2.75, 3.05) is 24.6 Å². The number of anilines is 1. The summed E-state index contributed by atoms with van der Waals surface area (Å²) in [7, 11) is 0. The molecule has 152 valence electrons. The monoisotopic (exact) mass is 404 g/mol. The van der Waals surface area contributed by atoms with Gasteiger partial charge in [0.25, 0.3) is 0 Å². The van der Waals surface area contributed by atoms with Gasteiger partial charge < -0.3 is 9.64 Å². The van der Waals surface area contributed by atoms with Gasteiger partial charge in [-0.05, 0) is 38.0 Å². The molecule has 1 aliphatic rings. The first-order chi connectivity index (χ1) is 13.9. The van der Waals surface area contributed by atoms with Gasteiger partial charge in [-0.25, -0.2) is 14.3 Å². The highest BCUT2D eigenvalue weighted by Gasteiger charge is 2.31. The molecule has 9 heteroatoms. The molecule has 0 bridgehead atoms. The number of benzene rings is 1. The summed E-state index contributed by atoms with van der Waals surface area (Å²) >= 11 is 0. The first kappa shape index (κ1) is 19.2. The molecular formula is C20H19F3N4O2. The Bertz CT molecular complexity index is 1040. The largest absolute Gasteiger partial charge is 0.462 e. The van der Waals surface area contributed by atoms with E-state index < -0.39 is 17.7 Å². The number of carbonyl (C=O) groups is 1. The molecule has 0 saturated carbocycles. The Labute approximate surface area is 164 Å².